The summed E-state index contributed by atoms with van der Waals surface area (Å²) in [5, 5.41) is 1.68. The van der Waals surface area contributed by atoms with Crippen LogP contribution in [0, 0.1) is 5.92 Å². The third-order valence-electron chi connectivity index (χ3n) is 4.32. The molecule has 2 aromatic carbocycles. The Kier molecular flexibility index (Phi) is 5.78. The van der Waals surface area contributed by atoms with E-state index in [1.807, 2.05) is 0 Å². The van der Waals surface area contributed by atoms with Crippen molar-refractivity contribution in [2.45, 2.75) is 13.1 Å². The first kappa shape index (κ1) is 22.4. The number of carbonyl (C=O) groups is 2. The van der Waals surface area contributed by atoms with Gasteiger partial charge in [-0.2, -0.15) is 13.2 Å². The molecule has 2 aromatic rings. The molecule has 160 valence electrons. The van der Waals surface area contributed by atoms with Crippen LogP contribution in [0.4, 0.5) is 24.5 Å². The molecule has 12 heteroatoms. The summed E-state index contributed by atoms with van der Waals surface area (Å²) in [5.41, 5.74) is -1.61. The van der Waals surface area contributed by atoms with Crippen LogP contribution in [0.15, 0.2) is 36.4 Å². The van der Waals surface area contributed by atoms with E-state index in [-0.39, 0.29) is 22.0 Å². The Hall–Kier alpha value is -2.30. The average molecular weight is 481 g/mol. The lowest BCUT2D eigenvalue weighted by molar-refractivity contribution is -0.137. The minimum absolute atomic E-state index is 0.0802. The number of sulfonamides is 1. The summed E-state index contributed by atoms with van der Waals surface area (Å²) in [5.74, 6) is -2.70. The smallest absolute Gasteiger partial charge is 0.322 e. The van der Waals surface area contributed by atoms with E-state index in [1.54, 1.807) is 0 Å². The van der Waals surface area contributed by atoms with E-state index in [1.165, 1.54) is 25.1 Å². The van der Waals surface area contributed by atoms with Crippen LogP contribution in [0.2, 0.25) is 10.0 Å². The molecule has 1 atom stereocenters. The molecule has 0 radical (unpaired) electrons. The van der Waals surface area contributed by atoms with Gasteiger partial charge in [-0.05, 0) is 36.4 Å². The molecule has 1 saturated heterocycles. The summed E-state index contributed by atoms with van der Waals surface area (Å²) < 4.78 is 64.1. The van der Waals surface area contributed by atoms with Crippen molar-refractivity contribution in [3.8, 4) is 0 Å². The van der Waals surface area contributed by atoms with Crippen LogP contribution in [-0.4, -0.2) is 26.0 Å². The molecule has 0 saturated carbocycles. The number of anilines is 2. The third-order valence-corrected chi connectivity index (χ3v) is 6.82. The van der Waals surface area contributed by atoms with E-state index in [0.29, 0.717) is 10.4 Å². The summed E-state index contributed by atoms with van der Waals surface area (Å²) in [6.45, 7) is 1.45. The highest BCUT2D eigenvalue weighted by Gasteiger charge is 2.43. The lowest BCUT2D eigenvalue weighted by Gasteiger charge is -2.18. The predicted molar refractivity (Wildman–Crippen MR) is 106 cm³/mol. The van der Waals surface area contributed by atoms with Crippen LogP contribution in [-0.2, 0) is 21.0 Å². The number of hydrogen-bond acceptors (Lipinski definition) is 4. The maximum Gasteiger partial charge on any atom is 0.417 e. The number of nitrogens with one attached hydrogen (secondary N) is 1. The molecule has 0 spiro atoms. The van der Waals surface area contributed by atoms with Gasteiger partial charge in [0.1, 0.15) is 0 Å². The summed E-state index contributed by atoms with van der Waals surface area (Å²) >= 11 is 11.6. The number of benzene rings is 2. The van der Waals surface area contributed by atoms with Gasteiger partial charge in [-0.1, -0.05) is 30.1 Å². The Bertz CT molecular complexity index is 1150. The molecule has 1 aliphatic rings. The number of hydrogen-bond donors (Lipinski definition) is 1. The summed E-state index contributed by atoms with van der Waals surface area (Å²) in [6.07, 6.45) is -4.72. The minimum atomic E-state index is -4.72. The van der Waals surface area contributed by atoms with Crippen molar-refractivity contribution < 1.29 is 31.2 Å². The lowest BCUT2D eigenvalue weighted by Crippen LogP contribution is -2.30. The molecule has 1 aliphatic heterocycles. The molecular weight excluding hydrogens is 468 g/mol. The molecule has 0 bridgehead atoms. The second-order valence-corrected chi connectivity index (χ2v) is 9.27. The average Bonchev–Trinajstić information content (AvgIpc) is 2.83. The Morgan fingerprint density at radius 1 is 1.13 bits per heavy atom. The number of nitrogens with zero attached hydrogens (tertiary/aromatic N) is 1. The van der Waals surface area contributed by atoms with E-state index in [2.05, 4.69) is 5.32 Å². The quantitative estimate of drug-likeness (QED) is 0.696. The zero-order valence-corrected chi connectivity index (χ0v) is 17.5. The topological polar surface area (TPSA) is 83.6 Å². The predicted octanol–water partition coefficient (Wildman–Crippen LogP) is 4.58. The second-order valence-electron chi connectivity index (χ2n) is 6.59. The molecule has 3 rings (SSSR count). The van der Waals surface area contributed by atoms with Gasteiger partial charge < -0.3 is 5.32 Å². The van der Waals surface area contributed by atoms with E-state index >= 15 is 0 Å². The molecule has 30 heavy (non-hydrogen) atoms. The fourth-order valence-corrected chi connectivity index (χ4v) is 5.21. The van der Waals surface area contributed by atoms with E-state index in [4.69, 9.17) is 23.2 Å². The lowest BCUT2D eigenvalue weighted by atomic mass is 10.1. The molecule has 0 aromatic heterocycles. The first-order valence-corrected chi connectivity index (χ1v) is 10.7. The summed E-state index contributed by atoms with van der Waals surface area (Å²) in [6, 6.07) is 6.41. The van der Waals surface area contributed by atoms with Crippen LogP contribution in [0.5, 0.6) is 0 Å². The molecule has 1 heterocycles. The molecule has 1 fully saturated rings. The Morgan fingerprint density at radius 3 is 2.33 bits per heavy atom. The van der Waals surface area contributed by atoms with Crippen LogP contribution in [0.1, 0.15) is 22.8 Å². The largest absolute Gasteiger partial charge is 0.417 e. The van der Waals surface area contributed by atoms with Gasteiger partial charge in [-0.15, -0.1) is 0 Å². The van der Waals surface area contributed by atoms with E-state index in [9.17, 15) is 31.2 Å². The van der Waals surface area contributed by atoms with E-state index in [0.717, 1.165) is 12.1 Å². The number of carbonyl (C=O) groups excluding carboxylic acids is 2. The third kappa shape index (κ3) is 4.26. The fraction of sp³-hybridized carbons (Fsp3) is 0.222. The van der Waals surface area contributed by atoms with Crippen molar-refractivity contribution in [3.63, 3.8) is 0 Å². The Labute approximate surface area is 179 Å². The van der Waals surface area contributed by atoms with Gasteiger partial charge in [0.15, 0.2) is 0 Å². The normalized spacial score (nSPS) is 18.5. The fourth-order valence-electron chi connectivity index (χ4n) is 2.90. The number of alkyl halides is 3. The molecule has 6 nitrogen and oxygen atoms in total. The van der Waals surface area contributed by atoms with Crippen LogP contribution < -0.4 is 9.62 Å². The highest BCUT2D eigenvalue weighted by Crippen LogP contribution is 2.37. The van der Waals surface area contributed by atoms with Crippen LogP contribution in [0.25, 0.3) is 0 Å². The monoisotopic (exact) mass is 480 g/mol. The van der Waals surface area contributed by atoms with Gasteiger partial charge in [0, 0.05) is 11.3 Å². The van der Waals surface area contributed by atoms with Crippen molar-refractivity contribution in [3.05, 3.63) is 57.6 Å². The Morgan fingerprint density at radius 2 is 1.77 bits per heavy atom. The molecular formula is C18H13Cl2F3N2O4S. The van der Waals surface area contributed by atoms with Crippen molar-refractivity contribution in [2.75, 3.05) is 15.4 Å². The van der Waals surface area contributed by atoms with E-state index < -0.39 is 50.3 Å². The SMILES string of the molecule is CC1CS(=O)(=O)N(c2cc(C(=O)Nc3ccc(Cl)c(C(F)(F)F)c3)ccc2Cl)C1=O. The maximum absolute atomic E-state index is 13.0. The van der Waals surface area contributed by atoms with Gasteiger partial charge in [0.05, 0.1) is 33.0 Å². The first-order valence-electron chi connectivity index (χ1n) is 8.36. The Balaban J connectivity index is 1.94. The molecule has 1 unspecified atom stereocenters. The molecule has 0 aliphatic carbocycles. The molecule has 2 amide bonds. The number of halogens is 5. The van der Waals surface area contributed by atoms with Crippen molar-refractivity contribution >= 4 is 56.4 Å². The highest BCUT2D eigenvalue weighted by atomic mass is 35.5. The van der Waals surface area contributed by atoms with Gasteiger partial charge in [-0.25, -0.2) is 12.7 Å². The number of rotatable bonds is 3. The molecule has 1 N–H and O–H groups in total. The zero-order valence-electron chi connectivity index (χ0n) is 15.1. The van der Waals surface area contributed by atoms with Crippen molar-refractivity contribution in [1.82, 2.24) is 0 Å². The van der Waals surface area contributed by atoms with Crippen molar-refractivity contribution in [1.29, 1.82) is 0 Å². The van der Waals surface area contributed by atoms with Gasteiger partial charge in [0.25, 0.3) is 5.91 Å². The van der Waals surface area contributed by atoms with Gasteiger partial charge >= 0.3 is 6.18 Å². The number of amides is 2. The van der Waals surface area contributed by atoms with Crippen molar-refractivity contribution in [2.24, 2.45) is 5.92 Å². The zero-order chi connectivity index (χ0) is 22.4. The first-order chi connectivity index (χ1) is 13.8. The van der Waals surface area contributed by atoms with Gasteiger partial charge in [0.2, 0.25) is 15.9 Å². The maximum atomic E-state index is 13.0. The summed E-state index contributed by atoms with van der Waals surface area (Å²) in [7, 11) is -3.96. The van der Waals surface area contributed by atoms with Crippen LogP contribution in [0.3, 0.4) is 0 Å². The standard InChI is InChI=1S/C18H13Cl2F3N2O4S/c1-9-8-30(28,29)25(17(9)27)15-6-10(2-4-14(15)20)16(26)24-11-3-5-13(19)12(7-11)18(21,22)23/h2-7,9H,8H2,1H3,(H,24,26). The summed E-state index contributed by atoms with van der Waals surface area (Å²) in [4.78, 5) is 24.8. The minimum Gasteiger partial charge on any atom is -0.322 e. The van der Waals surface area contributed by atoms with Gasteiger partial charge in [-0.3, -0.25) is 9.59 Å². The van der Waals surface area contributed by atoms with Crippen LogP contribution >= 0.6 is 23.2 Å². The second kappa shape index (κ2) is 7.75. The highest BCUT2D eigenvalue weighted by molar-refractivity contribution is 7.94.